The van der Waals surface area contributed by atoms with E-state index < -0.39 is 23.8 Å². The summed E-state index contributed by atoms with van der Waals surface area (Å²) in [5, 5.41) is 12.3. The largest absolute Gasteiger partial charge is 0.458 e. The highest BCUT2D eigenvalue weighted by molar-refractivity contribution is 5.74. The fraction of sp³-hybridized carbons (Fsp3) is 0.556. The molecule has 0 aromatic heterocycles. The van der Waals surface area contributed by atoms with Gasteiger partial charge in [-0.3, -0.25) is 0 Å². The van der Waals surface area contributed by atoms with Gasteiger partial charge < -0.3 is 19.9 Å². The molecule has 1 aromatic rings. The summed E-state index contributed by atoms with van der Waals surface area (Å²) in [6.45, 7) is 5.91. The van der Waals surface area contributed by atoms with E-state index in [-0.39, 0.29) is 6.61 Å². The van der Waals surface area contributed by atoms with E-state index >= 15 is 0 Å². The number of benzene rings is 1. The van der Waals surface area contributed by atoms with Gasteiger partial charge in [-0.25, -0.2) is 9.59 Å². The number of amides is 1. The number of aliphatic hydroxyl groups excluding tert-OH is 1. The van der Waals surface area contributed by atoms with Crippen molar-refractivity contribution in [2.24, 2.45) is 0 Å². The van der Waals surface area contributed by atoms with Crippen LogP contribution in [-0.2, 0) is 20.9 Å². The predicted octanol–water partition coefficient (Wildman–Crippen LogP) is 2.79. The van der Waals surface area contributed by atoms with Crippen molar-refractivity contribution in [1.29, 1.82) is 0 Å². The Morgan fingerprint density at radius 1 is 1.17 bits per heavy atom. The van der Waals surface area contributed by atoms with E-state index in [9.17, 15) is 14.7 Å². The molecule has 0 aliphatic rings. The quantitative estimate of drug-likeness (QED) is 0.563. The molecular formula is C18H27NO5. The minimum absolute atomic E-state index is 0.226. The van der Waals surface area contributed by atoms with Gasteiger partial charge >= 0.3 is 12.1 Å². The van der Waals surface area contributed by atoms with Crippen LogP contribution in [0.4, 0.5) is 4.79 Å². The zero-order valence-corrected chi connectivity index (χ0v) is 14.6. The van der Waals surface area contributed by atoms with Crippen LogP contribution in [0.15, 0.2) is 30.3 Å². The first-order chi connectivity index (χ1) is 11.3. The van der Waals surface area contributed by atoms with Crippen molar-refractivity contribution in [3.05, 3.63) is 35.9 Å². The Balaban J connectivity index is 2.09. The SMILES string of the molecule is CC(C)(C)OC(=O)C(O)CCCCNC(=O)OCc1ccccc1. The van der Waals surface area contributed by atoms with Crippen molar-refractivity contribution < 1.29 is 24.2 Å². The van der Waals surface area contributed by atoms with Crippen LogP contribution in [0.2, 0.25) is 0 Å². The van der Waals surface area contributed by atoms with Gasteiger partial charge in [0.15, 0.2) is 6.10 Å². The lowest BCUT2D eigenvalue weighted by Gasteiger charge is -2.21. The molecule has 6 heteroatoms. The summed E-state index contributed by atoms with van der Waals surface area (Å²) in [5.41, 5.74) is 0.315. The molecular weight excluding hydrogens is 310 g/mol. The second-order valence-electron chi connectivity index (χ2n) is 6.53. The van der Waals surface area contributed by atoms with E-state index in [4.69, 9.17) is 9.47 Å². The molecule has 24 heavy (non-hydrogen) atoms. The first-order valence-electron chi connectivity index (χ1n) is 8.13. The van der Waals surface area contributed by atoms with Gasteiger partial charge in [-0.15, -0.1) is 0 Å². The molecule has 1 aromatic carbocycles. The molecule has 0 spiro atoms. The molecule has 0 bridgehead atoms. The van der Waals surface area contributed by atoms with Gasteiger partial charge in [-0.1, -0.05) is 30.3 Å². The molecule has 0 aliphatic carbocycles. The summed E-state index contributed by atoms with van der Waals surface area (Å²) in [4.78, 5) is 23.1. The summed E-state index contributed by atoms with van der Waals surface area (Å²) < 4.78 is 10.2. The maximum absolute atomic E-state index is 11.6. The zero-order valence-electron chi connectivity index (χ0n) is 14.6. The first-order valence-corrected chi connectivity index (χ1v) is 8.13. The maximum atomic E-state index is 11.6. The van der Waals surface area contributed by atoms with E-state index in [2.05, 4.69) is 5.32 Å². The fourth-order valence-electron chi connectivity index (χ4n) is 1.91. The van der Waals surface area contributed by atoms with Gasteiger partial charge in [0.05, 0.1) is 0 Å². The molecule has 1 atom stereocenters. The van der Waals surface area contributed by atoms with Crippen LogP contribution >= 0.6 is 0 Å². The highest BCUT2D eigenvalue weighted by atomic mass is 16.6. The second kappa shape index (κ2) is 9.93. The lowest BCUT2D eigenvalue weighted by atomic mass is 10.1. The molecule has 1 amide bonds. The topological polar surface area (TPSA) is 84.9 Å². The Morgan fingerprint density at radius 3 is 2.46 bits per heavy atom. The summed E-state index contributed by atoms with van der Waals surface area (Å²) in [6.07, 6.45) is -0.0733. The smallest absolute Gasteiger partial charge is 0.407 e. The molecule has 0 saturated carbocycles. The Bertz CT molecular complexity index is 510. The molecule has 0 aliphatic heterocycles. The molecule has 6 nitrogen and oxygen atoms in total. The predicted molar refractivity (Wildman–Crippen MR) is 90.3 cm³/mol. The number of carbonyl (C=O) groups excluding carboxylic acids is 2. The average molecular weight is 337 g/mol. The standard InChI is InChI=1S/C18H27NO5/c1-18(2,3)24-16(21)15(20)11-7-8-12-19-17(22)23-13-14-9-5-4-6-10-14/h4-6,9-10,15,20H,7-8,11-13H2,1-3H3,(H,19,22). The van der Waals surface area contributed by atoms with Gasteiger partial charge in [0, 0.05) is 6.54 Å². The van der Waals surface area contributed by atoms with Crippen LogP contribution in [0.5, 0.6) is 0 Å². The van der Waals surface area contributed by atoms with Crippen molar-refractivity contribution >= 4 is 12.1 Å². The van der Waals surface area contributed by atoms with Crippen LogP contribution in [0.3, 0.4) is 0 Å². The minimum Gasteiger partial charge on any atom is -0.458 e. The van der Waals surface area contributed by atoms with E-state index in [1.807, 2.05) is 30.3 Å². The Hall–Kier alpha value is -2.08. The Morgan fingerprint density at radius 2 is 1.83 bits per heavy atom. The average Bonchev–Trinajstić information content (AvgIpc) is 2.51. The van der Waals surface area contributed by atoms with Gasteiger partial charge in [0.25, 0.3) is 0 Å². The van der Waals surface area contributed by atoms with E-state index in [0.717, 1.165) is 5.56 Å². The molecule has 134 valence electrons. The van der Waals surface area contributed by atoms with E-state index in [1.165, 1.54) is 0 Å². The first kappa shape index (κ1) is 20.0. The minimum atomic E-state index is -1.13. The van der Waals surface area contributed by atoms with Crippen molar-refractivity contribution in [3.63, 3.8) is 0 Å². The van der Waals surface area contributed by atoms with E-state index in [1.54, 1.807) is 20.8 Å². The number of unbranched alkanes of at least 4 members (excludes halogenated alkanes) is 1. The highest BCUT2D eigenvalue weighted by Gasteiger charge is 2.22. The highest BCUT2D eigenvalue weighted by Crippen LogP contribution is 2.11. The number of ether oxygens (including phenoxy) is 2. The third-order valence-corrected chi connectivity index (χ3v) is 3.07. The molecule has 0 heterocycles. The maximum Gasteiger partial charge on any atom is 0.407 e. The van der Waals surface area contributed by atoms with Crippen molar-refractivity contribution in [2.75, 3.05) is 6.54 Å². The van der Waals surface area contributed by atoms with Crippen molar-refractivity contribution in [3.8, 4) is 0 Å². The van der Waals surface area contributed by atoms with Gasteiger partial charge in [0.2, 0.25) is 0 Å². The number of hydrogen-bond acceptors (Lipinski definition) is 5. The number of rotatable bonds is 8. The third kappa shape index (κ3) is 9.15. The van der Waals surface area contributed by atoms with Crippen LogP contribution in [0.25, 0.3) is 0 Å². The molecule has 1 rings (SSSR count). The summed E-state index contributed by atoms with van der Waals surface area (Å²) in [5.74, 6) is -0.613. The molecule has 1 unspecified atom stereocenters. The second-order valence-corrected chi connectivity index (χ2v) is 6.53. The number of esters is 1. The number of alkyl carbamates (subject to hydrolysis) is 1. The molecule has 2 N–H and O–H groups in total. The third-order valence-electron chi connectivity index (χ3n) is 3.07. The Kier molecular flexibility index (Phi) is 8.26. The van der Waals surface area contributed by atoms with Gasteiger partial charge in [-0.05, 0) is 45.6 Å². The number of nitrogens with one attached hydrogen (secondary N) is 1. The molecule has 0 fully saturated rings. The number of hydrogen-bond donors (Lipinski definition) is 2. The molecule has 0 radical (unpaired) electrons. The summed E-state index contributed by atoms with van der Waals surface area (Å²) >= 11 is 0. The van der Waals surface area contributed by atoms with E-state index in [0.29, 0.717) is 25.8 Å². The van der Waals surface area contributed by atoms with Crippen LogP contribution < -0.4 is 5.32 Å². The number of carbonyl (C=O) groups is 2. The Labute approximate surface area is 143 Å². The summed E-state index contributed by atoms with van der Waals surface area (Å²) in [7, 11) is 0. The monoisotopic (exact) mass is 337 g/mol. The number of aliphatic hydroxyl groups is 1. The van der Waals surface area contributed by atoms with Crippen molar-refractivity contribution in [1.82, 2.24) is 5.32 Å². The zero-order chi connectivity index (χ0) is 18.0. The normalized spacial score (nSPS) is 12.3. The summed E-state index contributed by atoms with van der Waals surface area (Å²) in [6, 6.07) is 9.42. The van der Waals surface area contributed by atoms with Crippen LogP contribution in [-0.4, -0.2) is 35.4 Å². The van der Waals surface area contributed by atoms with Gasteiger partial charge in [0.1, 0.15) is 12.2 Å². The van der Waals surface area contributed by atoms with Crippen LogP contribution in [0, 0.1) is 0 Å². The fourth-order valence-corrected chi connectivity index (χ4v) is 1.91. The van der Waals surface area contributed by atoms with Gasteiger partial charge in [-0.2, -0.15) is 0 Å². The van der Waals surface area contributed by atoms with Crippen molar-refractivity contribution in [2.45, 2.75) is 58.3 Å². The lowest BCUT2D eigenvalue weighted by molar-refractivity contribution is -0.165. The van der Waals surface area contributed by atoms with Crippen LogP contribution in [0.1, 0.15) is 45.6 Å². The lowest BCUT2D eigenvalue weighted by Crippen LogP contribution is -2.32. The molecule has 0 saturated heterocycles.